The van der Waals surface area contributed by atoms with Gasteiger partial charge in [0, 0.05) is 31.1 Å². The van der Waals surface area contributed by atoms with E-state index in [1.165, 1.54) is 23.4 Å². The largest absolute Gasteiger partial charge is 0.337 e. The van der Waals surface area contributed by atoms with Crippen LogP contribution in [0.1, 0.15) is 36.0 Å². The first-order valence-electron chi connectivity index (χ1n) is 6.88. The third-order valence-electron chi connectivity index (χ3n) is 4.01. The topological polar surface area (TPSA) is 67.3 Å². The summed E-state index contributed by atoms with van der Waals surface area (Å²) in [6, 6.07) is 2.80. The number of sulfone groups is 1. The second-order valence-corrected chi connectivity index (χ2v) is 8.15. The summed E-state index contributed by atoms with van der Waals surface area (Å²) in [4.78, 5) is 17.9. The predicted octanol–water partition coefficient (Wildman–Crippen LogP) is 2.16. The van der Waals surface area contributed by atoms with E-state index in [4.69, 9.17) is 11.6 Å². The number of aromatic nitrogens is 1. The van der Waals surface area contributed by atoms with Gasteiger partial charge in [-0.05, 0) is 25.0 Å². The number of nitrogens with zero attached hydrogens (tertiary/aromatic N) is 2. The summed E-state index contributed by atoms with van der Waals surface area (Å²) < 4.78 is 23.9. The fraction of sp³-hybridized carbons (Fsp3) is 0.571. The number of pyridine rings is 1. The van der Waals surface area contributed by atoms with Gasteiger partial charge < -0.3 is 4.90 Å². The third kappa shape index (κ3) is 3.74. The molecule has 0 unspecified atom stereocenters. The number of carbonyl (C=O) groups is 1. The zero-order valence-corrected chi connectivity index (χ0v) is 13.7. The van der Waals surface area contributed by atoms with Crippen LogP contribution in [0.4, 0.5) is 0 Å². The van der Waals surface area contributed by atoms with Crippen LogP contribution < -0.4 is 0 Å². The Balaban J connectivity index is 2.25. The van der Waals surface area contributed by atoms with E-state index in [-0.39, 0.29) is 17.1 Å². The molecule has 2 rings (SSSR count). The van der Waals surface area contributed by atoms with Gasteiger partial charge in [0.1, 0.15) is 5.15 Å². The minimum atomic E-state index is -3.18. The summed E-state index contributed by atoms with van der Waals surface area (Å²) in [6.45, 7) is 0. The van der Waals surface area contributed by atoms with E-state index in [1.807, 2.05) is 0 Å². The highest BCUT2D eigenvalue weighted by atomic mass is 35.5. The summed E-state index contributed by atoms with van der Waals surface area (Å²) in [5.74, 6) is -0.222. The number of carbonyl (C=O) groups excluding carboxylic acids is 1. The van der Waals surface area contributed by atoms with Gasteiger partial charge in [-0.3, -0.25) is 4.79 Å². The predicted molar refractivity (Wildman–Crippen MR) is 82.2 cm³/mol. The molecule has 0 bridgehead atoms. The first-order valence-corrected chi connectivity index (χ1v) is 9.21. The van der Waals surface area contributed by atoms with E-state index in [2.05, 4.69) is 4.98 Å². The van der Waals surface area contributed by atoms with Crippen LogP contribution in [0, 0.1) is 0 Å². The first-order chi connectivity index (χ1) is 9.80. The van der Waals surface area contributed by atoms with Gasteiger partial charge in [-0.25, -0.2) is 13.4 Å². The Kier molecular flexibility index (Phi) is 4.88. The zero-order valence-electron chi connectivity index (χ0n) is 12.1. The van der Waals surface area contributed by atoms with Gasteiger partial charge in [-0.15, -0.1) is 0 Å². The van der Waals surface area contributed by atoms with Gasteiger partial charge in [-0.1, -0.05) is 24.4 Å². The molecule has 1 aliphatic rings. The second-order valence-electron chi connectivity index (χ2n) is 5.50. The summed E-state index contributed by atoms with van der Waals surface area (Å²) >= 11 is 5.80. The minimum Gasteiger partial charge on any atom is -0.337 e. The molecule has 0 radical (unpaired) electrons. The van der Waals surface area contributed by atoms with Crippen molar-refractivity contribution in [1.29, 1.82) is 0 Å². The Morgan fingerprint density at radius 3 is 2.67 bits per heavy atom. The number of rotatable bonds is 3. The number of hydrogen-bond acceptors (Lipinski definition) is 4. The summed E-state index contributed by atoms with van der Waals surface area (Å²) in [6.07, 6.45) is 5.86. The van der Waals surface area contributed by atoms with Gasteiger partial charge in [0.25, 0.3) is 5.91 Å². The lowest BCUT2D eigenvalue weighted by Gasteiger charge is -2.37. The van der Waals surface area contributed by atoms with E-state index < -0.39 is 15.1 Å². The minimum absolute atomic E-state index is 0.222. The van der Waals surface area contributed by atoms with Gasteiger partial charge >= 0.3 is 0 Å². The molecule has 2 atom stereocenters. The van der Waals surface area contributed by atoms with Crippen molar-refractivity contribution in [2.24, 2.45) is 0 Å². The van der Waals surface area contributed by atoms with Crippen molar-refractivity contribution in [2.75, 3.05) is 13.3 Å². The molecule has 0 aliphatic heterocycles. The monoisotopic (exact) mass is 330 g/mol. The molecule has 1 amide bonds. The van der Waals surface area contributed by atoms with Crippen LogP contribution in [0.3, 0.4) is 0 Å². The molecule has 116 valence electrons. The van der Waals surface area contributed by atoms with Crippen molar-refractivity contribution < 1.29 is 13.2 Å². The van der Waals surface area contributed by atoms with Crippen LogP contribution >= 0.6 is 11.6 Å². The Morgan fingerprint density at radius 1 is 1.38 bits per heavy atom. The van der Waals surface area contributed by atoms with Crippen molar-refractivity contribution in [1.82, 2.24) is 9.88 Å². The maximum absolute atomic E-state index is 12.5. The van der Waals surface area contributed by atoms with Crippen molar-refractivity contribution in [3.63, 3.8) is 0 Å². The van der Waals surface area contributed by atoms with E-state index in [0.717, 1.165) is 12.8 Å². The maximum Gasteiger partial charge on any atom is 0.254 e. The van der Waals surface area contributed by atoms with Crippen molar-refractivity contribution in [2.45, 2.75) is 37.0 Å². The SMILES string of the molecule is CN(C(=O)c1ccnc(Cl)c1)[C@H]1CCCC[C@@H]1S(C)(=O)=O. The van der Waals surface area contributed by atoms with Gasteiger partial charge in [0.15, 0.2) is 9.84 Å². The highest BCUT2D eigenvalue weighted by Gasteiger charge is 2.37. The van der Waals surface area contributed by atoms with Crippen LogP contribution in [-0.2, 0) is 9.84 Å². The standard InChI is InChI=1S/C14H19ClN2O3S/c1-17(14(18)10-7-8-16-13(15)9-10)11-5-3-4-6-12(11)21(2,19)20/h7-9,11-12H,3-6H2,1-2H3/t11-,12-/m0/s1. The molecule has 1 fully saturated rings. The lowest BCUT2D eigenvalue weighted by molar-refractivity contribution is 0.0700. The summed E-state index contributed by atoms with van der Waals surface area (Å²) in [7, 11) is -1.52. The molecule has 1 aromatic heterocycles. The molecule has 7 heteroatoms. The quantitative estimate of drug-likeness (QED) is 0.796. The fourth-order valence-electron chi connectivity index (χ4n) is 2.91. The number of amides is 1. The van der Waals surface area contributed by atoms with Crippen LogP contribution in [0.2, 0.25) is 5.15 Å². The van der Waals surface area contributed by atoms with Gasteiger partial charge in [0.2, 0.25) is 0 Å². The molecule has 0 aromatic carbocycles. The van der Waals surface area contributed by atoms with E-state index in [0.29, 0.717) is 18.4 Å². The molecule has 21 heavy (non-hydrogen) atoms. The Morgan fingerprint density at radius 2 is 2.05 bits per heavy atom. The molecule has 0 spiro atoms. The van der Waals surface area contributed by atoms with E-state index >= 15 is 0 Å². The smallest absolute Gasteiger partial charge is 0.254 e. The third-order valence-corrected chi connectivity index (χ3v) is 5.87. The lowest BCUT2D eigenvalue weighted by atomic mass is 9.93. The molecular formula is C14H19ClN2O3S. The average Bonchev–Trinajstić information content (AvgIpc) is 2.45. The van der Waals surface area contributed by atoms with Crippen LogP contribution in [0.15, 0.2) is 18.3 Å². The van der Waals surface area contributed by atoms with Crippen LogP contribution in [0.25, 0.3) is 0 Å². The van der Waals surface area contributed by atoms with Crippen LogP contribution in [-0.4, -0.2) is 48.8 Å². The van der Waals surface area contributed by atoms with E-state index in [1.54, 1.807) is 13.1 Å². The zero-order chi connectivity index (χ0) is 15.6. The van der Waals surface area contributed by atoms with E-state index in [9.17, 15) is 13.2 Å². The van der Waals surface area contributed by atoms with Crippen molar-refractivity contribution >= 4 is 27.3 Å². The molecule has 1 aromatic rings. The first kappa shape index (κ1) is 16.2. The summed E-state index contributed by atoms with van der Waals surface area (Å²) in [5, 5.41) is -0.241. The highest BCUT2D eigenvalue weighted by molar-refractivity contribution is 7.91. The normalized spacial score (nSPS) is 22.8. The molecule has 1 heterocycles. The van der Waals surface area contributed by atoms with Crippen molar-refractivity contribution in [3.8, 4) is 0 Å². The molecular weight excluding hydrogens is 312 g/mol. The van der Waals surface area contributed by atoms with Gasteiger partial charge in [0.05, 0.1) is 5.25 Å². The Bertz CT molecular complexity index is 633. The average molecular weight is 331 g/mol. The number of halogens is 1. The Hall–Kier alpha value is -1.14. The summed E-state index contributed by atoms with van der Waals surface area (Å²) in [5.41, 5.74) is 0.426. The maximum atomic E-state index is 12.5. The molecule has 0 N–H and O–H groups in total. The molecule has 0 saturated heterocycles. The van der Waals surface area contributed by atoms with Crippen molar-refractivity contribution in [3.05, 3.63) is 29.0 Å². The fourth-order valence-corrected chi connectivity index (χ4v) is 4.57. The molecule has 1 aliphatic carbocycles. The molecule has 5 nitrogen and oxygen atoms in total. The lowest BCUT2D eigenvalue weighted by Crippen LogP contribution is -2.49. The van der Waals surface area contributed by atoms with Gasteiger partial charge in [-0.2, -0.15) is 0 Å². The highest BCUT2D eigenvalue weighted by Crippen LogP contribution is 2.28. The second kappa shape index (κ2) is 6.32. The Labute approximate surface area is 130 Å². The molecule has 1 saturated carbocycles. The number of hydrogen-bond donors (Lipinski definition) is 0. The van der Waals surface area contributed by atoms with Crippen LogP contribution in [0.5, 0.6) is 0 Å².